The predicted molar refractivity (Wildman–Crippen MR) is 105 cm³/mol. The van der Waals surface area contributed by atoms with Gasteiger partial charge in [-0.15, -0.1) is 10.2 Å². The molecule has 0 aliphatic carbocycles. The molecule has 2 heterocycles. The van der Waals surface area contributed by atoms with Crippen molar-refractivity contribution in [3.05, 3.63) is 59.9 Å². The second kappa shape index (κ2) is 7.74. The van der Waals surface area contributed by atoms with Crippen LogP contribution in [0.3, 0.4) is 0 Å². The van der Waals surface area contributed by atoms with Crippen LogP contribution in [-0.4, -0.2) is 21.1 Å². The summed E-state index contributed by atoms with van der Waals surface area (Å²) in [5, 5.41) is 12.2. The quantitative estimate of drug-likeness (QED) is 0.723. The van der Waals surface area contributed by atoms with E-state index in [0.717, 1.165) is 16.1 Å². The first-order valence-electron chi connectivity index (χ1n) is 8.55. The number of pyridine rings is 1. The Morgan fingerprint density at radius 3 is 2.54 bits per heavy atom. The van der Waals surface area contributed by atoms with E-state index in [-0.39, 0.29) is 11.3 Å². The van der Waals surface area contributed by atoms with Crippen molar-refractivity contribution in [3.8, 4) is 10.6 Å². The Kier molecular flexibility index (Phi) is 5.42. The normalized spacial score (nSPS) is 11.3. The van der Waals surface area contributed by atoms with Crippen molar-refractivity contribution in [3.63, 3.8) is 0 Å². The van der Waals surface area contributed by atoms with E-state index < -0.39 is 0 Å². The molecule has 3 rings (SSSR count). The van der Waals surface area contributed by atoms with Crippen LogP contribution in [0.2, 0.25) is 0 Å². The molecule has 1 N–H and O–H groups in total. The molecular weight excluding hydrogens is 344 g/mol. The molecule has 1 amide bonds. The molecule has 134 valence electrons. The van der Waals surface area contributed by atoms with Crippen molar-refractivity contribution in [2.45, 2.75) is 39.0 Å². The number of carbonyl (C=O) groups excluding carboxylic acids is 1. The van der Waals surface area contributed by atoms with E-state index in [4.69, 9.17) is 0 Å². The first-order chi connectivity index (χ1) is 12.4. The maximum atomic E-state index is 12.2. The van der Waals surface area contributed by atoms with Crippen LogP contribution < -0.4 is 5.32 Å². The van der Waals surface area contributed by atoms with Crippen LogP contribution in [0.4, 0.5) is 5.13 Å². The minimum absolute atomic E-state index is 0.0567. The molecule has 0 aliphatic rings. The van der Waals surface area contributed by atoms with E-state index >= 15 is 0 Å². The number of hydrogen-bond donors (Lipinski definition) is 1. The fraction of sp³-hybridized carbons (Fsp3) is 0.300. The number of aromatic nitrogens is 3. The molecule has 0 aliphatic heterocycles. The van der Waals surface area contributed by atoms with Crippen molar-refractivity contribution in [1.82, 2.24) is 15.2 Å². The summed E-state index contributed by atoms with van der Waals surface area (Å²) in [7, 11) is 0. The maximum Gasteiger partial charge on any atom is 0.226 e. The van der Waals surface area contributed by atoms with Crippen LogP contribution in [0.15, 0.2) is 48.8 Å². The zero-order valence-electron chi connectivity index (χ0n) is 15.2. The number of benzene rings is 1. The third kappa shape index (κ3) is 4.73. The highest BCUT2D eigenvalue weighted by Gasteiger charge is 2.13. The minimum atomic E-state index is -0.0567. The molecule has 0 atom stereocenters. The SMILES string of the molecule is CC(C)(C)c1ccc(CCC(=O)Nc2nnc(-c3cccnc3)s2)cc1. The van der Waals surface area contributed by atoms with Crippen molar-refractivity contribution in [2.75, 3.05) is 5.32 Å². The van der Waals surface area contributed by atoms with Gasteiger partial charge in [0.15, 0.2) is 5.01 Å². The van der Waals surface area contributed by atoms with Gasteiger partial charge in [-0.3, -0.25) is 9.78 Å². The van der Waals surface area contributed by atoms with Crippen LogP contribution in [-0.2, 0) is 16.6 Å². The van der Waals surface area contributed by atoms with Gasteiger partial charge >= 0.3 is 0 Å². The Bertz CT molecular complexity index is 867. The first kappa shape index (κ1) is 18.2. The Balaban J connectivity index is 1.54. The van der Waals surface area contributed by atoms with E-state index in [1.807, 2.05) is 12.1 Å². The Morgan fingerprint density at radius 2 is 1.88 bits per heavy atom. The van der Waals surface area contributed by atoms with Crippen molar-refractivity contribution >= 4 is 22.4 Å². The zero-order chi connectivity index (χ0) is 18.6. The average molecular weight is 366 g/mol. The lowest BCUT2D eigenvalue weighted by Gasteiger charge is -2.19. The summed E-state index contributed by atoms with van der Waals surface area (Å²) in [5.41, 5.74) is 3.48. The predicted octanol–water partition coefficient (Wildman–Crippen LogP) is 4.47. The molecule has 0 radical (unpaired) electrons. The smallest absolute Gasteiger partial charge is 0.226 e. The summed E-state index contributed by atoms with van der Waals surface area (Å²) in [6.07, 6.45) is 4.55. The topological polar surface area (TPSA) is 67.8 Å². The number of nitrogens with zero attached hydrogens (tertiary/aromatic N) is 3. The molecule has 0 spiro atoms. The molecular formula is C20H22N4OS. The third-order valence-electron chi connectivity index (χ3n) is 4.04. The average Bonchev–Trinajstić information content (AvgIpc) is 3.09. The van der Waals surface area contributed by atoms with Gasteiger partial charge in [-0.25, -0.2) is 0 Å². The highest BCUT2D eigenvalue weighted by molar-refractivity contribution is 7.18. The summed E-state index contributed by atoms with van der Waals surface area (Å²) in [4.78, 5) is 16.2. The molecule has 0 unspecified atom stereocenters. The first-order valence-corrected chi connectivity index (χ1v) is 9.36. The van der Waals surface area contributed by atoms with Gasteiger partial charge in [0.2, 0.25) is 11.0 Å². The van der Waals surface area contributed by atoms with Gasteiger partial charge in [0.25, 0.3) is 0 Å². The Morgan fingerprint density at radius 1 is 1.12 bits per heavy atom. The maximum absolute atomic E-state index is 12.2. The van der Waals surface area contributed by atoms with Crippen LogP contribution in [0, 0.1) is 0 Å². The lowest BCUT2D eigenvalue weighted by atomic mass is 9.86. The van der Waals surface area contributed by atoms with Gasteiger partial charge < -0.3 is 5.32 Å². The van der Waals surface area contributed by atoms with E-state index in [2.05, 4.69) is 65.5 Å². The van der Waals surface area contributed by atoms with Crippen LogP contribution in [0.1, 0.15) is 38.3 Å². The molecule has 0 saturated carbocycles. The van der Waals surface area contributed by atoms with Gasteiger partial charge in [-0.1, -0.05) is 56.4 Å². The summed E-state index contributed by atoms with van der Waals surface area (Å²) in [6, 6.07) is 12.2. The molecule has 3 aromatic rings. The fourth-order valence-electron chi connectivity index (χ4n) is 2.49. The molecule has 2 aromatic heterocycles. The summed E-state index contributed by atoms with van der Waals surface area (Å²) < 4.78 is 0. The highest BCUT2D eigenvalue weighted by atomic mass is 32.1. The number of anilines is 1. The Hall–Kier alpha value is -2.60. The largest absolute Gasteiger partial charge is 0.301 e. The lowest BCUT2D eigenvalue weighted by Crippen LogP contribution is -2.13. The molecule has 0 fully saturated rings. The fourth-order valence-corrected chi connectivity index (χ4v) is 3.24. The molecule has 0 bridgehead atoms. The van der Waals surface area contributed by atoms with Crippen LogP contribution >= 0.6 is 11.3 Å². The van der Waals surface area contributed by atoms with Gasteiger partial charge in [0.05, 0.1) is 0 Å². The van der Waals surface area contributed by atoms with Crippen LogP contribution in [0.5, 0.6) is 0 Å². The lowest BCUT2D eigenvalue weighted by molar-refractivity contribution is -0.116. The number of nitrogens with one attached hydrogen (secondary N) is 1. The van der Waals surface area contributed by atoms with E-state index in [9.17, 15) is 4.79 Å². The van der Waals surface area contributed by atoms with Crippen molar-refractivity contribution in [2.24, 2.45) is 0 Å². The third-order valence-corrected chi connectivity index (χ3v) is 4.93. The highest BCUT2D eigenvalue weighted by Crippen LogP contribution is 2.26. The van der Waals surface area contributed by atoms with Crippen molar-refractivity contribution in [1.29, 1.82) is 0 Å². The van der Waals surface area contributed by atoms with E-state index in [1.165, 1.54) is 16.9 Å². The summed E-state index contributed by atoms with van der Waals surface area (Å²) >= 11 is 1.35. The molecule has 0 saturated heterocycles. The molecule has 26 heavy (non-hydrogen) atoms. The summed E-state index contributed by atoms with van der Waals surface area (Å²) in [6.45, 7) is 6.58. The van der Waals surface area contributed by atoms with E-state index in [0.29, 0.717) is 18.0 Å². The number of hydrogen-bond acceptors (Lipinski definition) is 5. The molecule has 5 nitrogen and oxygen atoms in total. The van der Waals surface area contributed by atoms with Gasteiger partial charge in [0.1, 0.15) is 0 Å². The number of carbonyl (C=O) groups is 1. The van der Waals surface area contributed by atoms with Gasteiger partial charge in [-0.05, 0) is 35.1 Å². The second-order valence-electron chi connectivity index (χ2n) is 7.15. The molecule has 6 heteroatoms. The number of aryl methyl sites for hydroxylation is 1. The number of amides is 1. The van der Waals surface area contributed by atoms with Gasteiger partial charge in [0, 0.05) is 24.4 Å². The molecule has 1 aromatic carbocycles. The Labute approximate surface area is 157 Å². The van der Waals surface area contributed by atoms with E-state index in [1.54, 1.807) is 12.4 Å². The number of rotatable bonds is 5. The summed E-state index contributed by atoms with van der Waals surface area (Å²) in [5.74, 6) is -0.0567. The second-order valence-corrected chi connectivity index (χ2v) is 8.13. The minimum Gasteiger partial charge on any atom is -0.301 e. The monoisotopic (exact) mass is 366 g/mol. The van der Waals surface area contributed by atoms with Crippen LogP contribution in [0.25, 0.3) is 10.6 Å². The van der Waals surface area contributed by atoms with Crippen molar-refractivity contribution < 1.29 is 4.79 Å². The standard InChI is InChI=1S/C20H22N4OS/c1-20(2,3)16-9-6-14(7-10-16)8-11-17(25)22-19-24-23-18(26-19)15-5-4-12-21-13-15/h4-7,9-10,12-13H,8,11H2,1-3H3,(H,22,24,25). The van der Waals surface area contributed by atoms with Gasteiger partial charge in [-0.2, -0.15) is 0 Å². The zero-order valence-corrected chi connectivity index (χ0v) is 16.0.